The second kappa shape index (κ2) is 2.62. The van der Waals surface area contributed by atoms with Crippen LogP contribution in [0.2, 0.25) is 0 Å². The van der Waals surface area contributed by atoms with Gasteiger partial charge in [-0.1, -0.05) is 0 Å². The molecular formula is C11H14N2O2. The highest BCUT2D eigenvalue weighted by molar-refractivity contribution is 5.78. The summed E-state index contributed by atoms with van der Waals surface area (Å²) in [6, 6.07) is 0. The maximum atomic E-state index is 11.3. The number of aromatic nitrogens is 2. The summed E-state index contributed by atoms with van der Waals surface area (Å²) in [7, 11) is 1.89. The molecule has 0 bridgehead atoms. The van der Waals surface area contributed by atoms with E-state index in [1.807, 2.05) is 11.7 Å². The molecule has 4 nitrogen and oxygen atoms in total. The predicted octanol–water partition coefficient (Wildman–Crippen LogP) is 1.31. The van der Waals surface area contributed by atoms with Crippen molar-refractivity contribution in [3.05, 3.63) is 17.5 Å². The molecular weight excluding hydrogens is 192 g/mol. The van der Waals surface area contributed by atoms with Gasteiger partial charge in [0.2, 0.25) is 0 Å². The minimum Gasteiger partial charge on any atom is -0.481 e. The van der Waals surface area contributed by atoms with Crippen LogP contribution in [-0.4, -0.2) is 20.9 Å². The number of carboxylic acid groups (broad SMARTS) is 1. The zero-order valence-electron chi connectivity index (χ0n) is 8.73. The van der Waals surface area contributed by atoms with Crippen molar-refractivity contribution in [2.45, 2.75) is 31.6 Å². The summed E-state index contributed by atoms with van der Waals surface area (Å²) < 4.78 is 1.82. The third kappa shape index (κ3) is 1.07. The molecule has 0 aromatic carbocycles. The predicted molar refractivity (Wildman–Crippen MR) is 53.6 cm³/mol. The van der Waals surface area contributed by atoms with E-state index < -0.39 is 5.97 Å². The molecule has 0 radical (unpaired) electrons. The van der Waals surface area contributed by atoms with Gasteiger partial charge in [0, 0.05) is 18.3 Å². The molecule has 1 N–H and O–H groups in total. The molecule has 4 heteroatoms. The van der Waals surface area contributed by atoms with Gasteiger partial charge in [0.25, 0.3) is 0 Å². The molecule has 1 saturated carbocycles. The minimum absolute atomic E-state index is 0.0713. The van der Waals surface area contributed by atoms with Crippen molar-refractivity contribution < 1.29 is 9.90 Å². The van der Waals surface area contributed by atoms with Crippen molar-refractivity contribution in [2.24, 2.45) is 12.5 Å². The maximum absolute atomic E-state index is 11.3. The number of aliphatic carboxylic acids is 1. The summed E-state index contributed by atoms with van der Waals surface area (Å²) in [5.41, 5.74) is 2.13. The van der Waals surface area contributed by atoms with Gasteiger partial charge in [0.05, 0.1) is 12.1 Å². The molecule has 2 aliphatic rings. The number of carbonyl (C=O) groups is 1. The van der Waals surface area contributed by atoms with Crippen molar-refractivity contribution in [3.8, 4) is 0 Å². The van der Waals surface area contributed by atoms with Crippen molar-refractivity contribution in [1.82, 2.24) is 9.78 Å². The van der Waals surface area contributed by atoms with E-state index in [0.717, 1.165) is 36.9 Å². The SMILES string of the molecule is Cn1ncc2c1CCC1(CC1)C2C(=O)O. The number of hydrogen-bond acceptors (Lipinski definition) is 2. The lowest BCUT2D eigenvalue weighted by atomic mass is 9.75. The van der Waals surface area contributed by atoms with E-state index in [9.17, 15) is 9.90 Å². The van der Waals surface area contributed by atoms with E-state index in [1.165, 1.54) is 0 Å². The Morgan fingerprint density at radius 3 is 2.93 bits per heavy atom. The Morgan fingerprint density at radius 2 is 2.33 bits per heavy atom. The Labute approximate surface area is 87.9 Å². The Hall–Kier alpha value is -1.32. The molecule has 0 amide bonds. The molecule has 1 spiro atoms. The van der Waals surface area contributed by atoms with Crippen LogP contribution in [0.4, 0.5) is 0 Å². The summed E-state index contributed by atoms with van der Waals surface area (Å²) in [5.74, 6) is -0.989. The fraction of sp³-hybridized carbons (Fsp3) is 0.636. The molecule has 80 valence electrons. The summed E-state index contributed by atoms with van der Waals surface area (Å²) in [6.45, 7) is 0. The second-order valence-electron chi connectivity index (χ2n) is 4.80. The van der Waals surface area contributed by atoms with Gasteiger partial charge < -0.3 is 5.11 Å². The second-order valence-corrected chi connectivity index (χ2v) is 4.80. The Morgan fingerprint density at radius 1 is 1.60 bits per heavy atom. The minimum atomic E-state index is -0.679. The van der Waals surface area contributed by atoms with E-state index in [4.69, 9.17) is 0 Å². The van der Waals surface area contributed by atoms with Gasteiger partial charge in [-0.05, 0) is 31.1 Å². The molecule has 3 rings (SSSR count). The molecule has 1 unspecified atom stereocenters. The van der Waals surface area contributed by atoms with Crippen LogP contribution in [0.5, 0.6) is 0 Å². The standard InChI is InChI=1S/C11H14N2O2/c1-13-8-2-3-11(4-5-11)9(10(14)15)7(8)6-12-13/h6,9H,2-5H2,1H3,(H,14,15). The lowest BCUT2D eigenvalue weighted by Gasteiger charge is -2.28. The van der Waals surface area contributed by atoms with Crippen molar-refractivity contribution >= 4 is 5.97 Å². The monoisotopic (exact) mass is 206 g/mol. The largest absolute Gasteiger partial charge is 0.481 e. The van der Waals surface area contributed by atoms with Gasteiger partial charge in [-0.3, -0.25) is 9.48 Å². The molecule has 1 heterocycles. The van der Waals surface area contributed by atoms with Crippen molar-refractivity contribution in [3.63, 3.8) is 0 Å². The topological polar surface area (TPSA) is 55.1 Å². The highest BCUT2D eigenvalue weighted by Gasteiger charge is 2.55. The number of hydrogen-bond donors (Lipinski definition) is 1. The molecule has 1 aromatic heterocycles. The van der Waals surface area contributed by atoms with Crippen LogP contribution in [0.25, 0.3) is 0 Å². The molecule has 1 atom stereocenters. The first-order valence-corrected chi connectivity index (χ1v) is 5.38. The summed E-state index contributed by atoms with van der Waals surface area (Å²) in [6.07, 6.45) is 5.87. The number of rotatable bonds is 1. The van der Waals surface area contributed by atoms with Crippen LogP contribution >= 0.6 is 0 Å². The lowest BCUT2D eigenvalue weighted by molar-refractivity contribution is -0.141. The summed E-state index contributed by atoms with van der Waals surface area (Å²) >= 11 is 0. The quantitative estimate of drug-likeness (QED) is 0.753. The fourth-order valence-corrected chi connectivity index (χ4v) is 2.96. The maximum Gasteiger partial charge on any atom is 0.311 e. The molecule has 15 heavy (non-hydrogen) atoms. The average molecular weight is 206 g/mol. The van der Waals surface area contributed by atoms with Gasteiger partial charge in [-0.25, -0.2) is 0 Å². The first-order chi connectivity index (χ1) is 7.14. The summed E-state index contributed by atoms with van der Waals surface area (Å²) in [4.78, 5) is 11.3. The summed E-state index contributed by atoms with van der Waals surface area (Å²) in [5, 5.41) is 13.5. The van der Waals surface area contributed by atoms with Crippen LogP contribution in [-0.2, 0) is 18.3 Å². The number of nitrogens with zero attached hydrogens (tertiary/aromatic N) is 2. The highest BCUT2D eigenvalue weighted by Crippen LogP contribution is 2.61. The van der Waals surface area contributed by atoms with E-state index in [1.54, 1.807) is 6.20 Å². The van der Waals surface area contributed by atoms with Crippen LogP contribution in [0.1, 0.15) is 36.4 Å². The Bertz CT molecular complexity index is 432. The molecule has 1 fully saturated rings. The molecule has 0 aliphatic heterocycles. The van der Waals surface area contributed by atoms with E-state index in [-0.39, 0.29) is 11.3 Å². The lowest BCUT2D eigenvalue weighted by Crippen LogP contribution is -2.28. The third-order valence-corrected chi connectivity index (χ3v) is 4.02. The molecule has 2 aliphatic carbocycles. The molecule has 1 aromatic rings. The Kier molecular flexibility index (Phi) is 1.56. The number of aryl methyl sites for hydroxylation is 1. The fourth-order valence-electron chi connectivity index (χ4n) is 2.96. The first kappa shape index (κ1) is 8.95. The van der Waals surface area contributed by atoms with Gasteiger partial charge in [0.1, 0.15) is 0 Å². The highest BCUT2D eigenvalue weighted by atomic mass is 16.4. The van der Waals surface area contributed by atoms with Crippen molar-refractivity contribution in [2.75, 3.05) is 0 Å². The Balaban J connectivity index is 2.12. The van der Waals surface area contributed by atoms with Crippen LogP contribution in [0, 0.1) is 5.41 Å². The zero-order chi connectivity index (χ0) is 10.6. The normalized spacial score (nSPS) is 26.3. The molecule has 0 saturated heterocycles. The van der Waals surface area contributed by atoms with E-state index >= 15 is 0 Å². The van der Waals surface area contributed by atoms with Gasteiger partial charge in [0.15, 0.2) is 0 Å². The number of fused-ring (bicyclic) bond motifs is 1. The van der Waals surface area contributed by atoms with Gasteiger partial charge in [-0.15, -0.1) is 0 Å². The van der Waals surface area contributed by atoms with E-state index in [0.29, 0.717) is 0 Å². The van der Waals surface area contributed by atoms with Gasteiger partial charge in [-0.2, -0.15) is 5.10 Å². The zero-order valence-corrected chi connectivity index (χ0v) is 8.73. The first-order valence-electron chi connectivity index (χ1n) is 5.38. The van der Waals surface area contributed by atoms with Crippen LogP contribution in [0.15, 0.2) is 6.20 Å². The van der Waals surface area contributed by atoms with Crippen molar-refractivity contribution in [1.29, 1.82) is 0 Å². The van der Waals surface area contributed by atoms with Crippen LogP contribution in [0.3, 0.4) is 0 Å². The number of carboxylic acids is 1. The smallest absolute Gasteiger partial charge is 0.311 e. The van der Waals surface area contributed by atoms with Crippen LogP contribution < -0.4 is 0 Å². The van der Waals surface area contributed by atoms with E-state index in [2.05, 4.69) is 5.10 Å². The third-order valence-electron chi connectivity index (χ3n) is 4.02. The van der Waals surface area contributed by atoms with Gasteiger partial charge >= 0.3 is 5.97 Å². The average Bonchev–Trinajstić information content (AvgIpc) is 2.84.